The summed E-state index contributed by atoms with van der Waals surface area (Å²) < 4.78 is 67.1. The number of hydrogen-bond donors (Lipinski definition) is 3. The van der Waals surface area contributed by atoms with Crippen LogP contribution < -0.4 is 21.1 Å². The first-order valence-corrected chi connectivity index (χ1v) is 17.3. The first kappa shape index (κ1) is 37.6. The zero-order chi connectivity index (χ0) is 36.9. The fourth-order valence-corrected chi connectivity index (χ4v) is 6.83. The molecule has 16 heteroatoms. The molecule has 50 heavy (non-hydrogen) atoms. The van der Waals surface area contributed by atoms with Gasteiger partial charge in [-0.2, -0.15) is 0 Å². The van der Waals surface area contributed by atoms with E-state index in [1.54, 1.807) is 6.92 Å². The Kier molecular flexibility index (Phi) is 11.7. The Morgan fingerprint density at radius 3 is 2.34 bits per heavy atom. The van der Waals surface area contributed by atoms with Crippen molar-refractivity contribution in [2.24, 2.45) is 11.7 Å². The molecule has 4 amide bonds. The van der Waals surface area contributed by atoms with Gasteiger partial charge in [0.05, 0.1) is 42.0 Å². The summed E-state index contributed by atoms with van der Waals surface area (Å²) in [6.45, 7) is 2.97. The second-order valence-corrected chi connectivity index (χ2v) is 13.9. The highest BCUT2D eigenvalue weighted by atomic mass is 32.2. The van der Waals surface area contributed by atoms with Crippen molar-refractivity contribution in [3.63, 3.8) is 0 Å². The highest BCUT2D eigenvalue weighted by Gasteiger charge is 2.46. The van der Waals surface area contributed by atoms with Crippen molar-refractivity contribution in [1.82, 2.24) is 9.80 Å². The van der Waals surface area contributed by atoms with Gasteiger partial charge in [-0.1, -0.05) is 13.0 Å². The molecule has 4 N–H and O–H groups in total. The molecule has 1 fully saturated rings. The van der Waals surface area contributed by atoms with Gasteiger partial charge < -0.3 is 35.6 Å². The number of benzene rings is 3. The number of amides is 4. The maximum atomic E-state index is 15.2. The second-order valence-electron chi connectivity index (χ2n) is 11.6. The molecule has 0 unspecified atom stereocenters. The van der Waals surface area contributed by atoms with E-state index in [0.29, 0.717) is 0 Å². The number of anilines is 2. The predicted octanol–water partition coefficient (Wildman–Crippen LogP) is 4.27. The Morgan fingerprint density at radius 1 is 1.02 bits per heavy atom. The van der Waals surface area contributed by atoms with Crippen LogP contribution in [0.4, 0.5) is 25.0 Å². The number of nitrogens with zero attached hydrogens (tertiary/aromatic N) is 2. The summed E-state index contributed by atoms with van der Waals surface area (Å²) in [4.78, 5) is 55.1. The van der Waals surface area contributed by atoms with E-state index < -0.39 is 63.3 Å². The van der Waals surface area contributed by atoms with Gasteiger partial charge in [0, 0.05) is 31.9 Å². The summed E-state index contributed by atoms with van der Waals surface area (Å²) >= 11 is 0. The normalized spacial score (nSPS) is 16.3. The number of carbonyl (C=O) groups is 4. The molecule has 1 heterocycles. The molecule has 3 atom stereocenters. The predicted molar refractivity (Wildman–Crippen MR) is 180 cm³/mol. The molecule has 0 saturated carbocycles. The topological polar surface area (TPSA) is 177 Å². The van der Waals surface area contributed by atoms with E-state index in [2.05, 4.69) is 10.6 Å². The summed E-state index contributed by atoms with van der Waals surface area (Å²) in [7, 11) is 0.278. The number of methoxy groups -OCH3 is 1. The molecule has 13 nitrogen and oxygen atoms in total. The van der Waals surface area contributed by atoms with Crippen molar-refractivity contribution >= 4 is 45.0 Å². The number of esters is 1. The van der Waals surface area contributed by atoms with Gasteiger partial charge in [0.15, 0.2) is 21.4 Å². The summed E-state index contributed by atoms with van der Waals surface area (Å²) in [5, 5.41) is 5.47. The number of rotatable bonds is 12. The Morgan fingerprint density at radius 2 is 1.72 bits per heavy atom. The second kappa shape index (κ2) is 15.5. The highest BCUT2D eigenvalue weighted by Crippen LogP contribution is 2.44. The SMILES string of the molecule is CCOC(=O)[C@H]1CCN(C(=O)[C@H](Nc2cc(C(N)=O)ccc2F)c2ccc(F)c(OC)c2)[C@H]1c1cc(NC(=O)N(C)C)ccc1S(=O)(=O)CC. The molecule has 0 spiro atoms. The van der Waals surface area contributed by atoms with E-state index in [-0.39, 0.29) is 64.0 Å². The van der Waals surface area contributed by atoms with Crippen molar-refractivity contribution in [3.8, 4) is 5.75 Å². The van der Waals surface area contributed by atoms with Crippen LogP contribution >= 0.6 is 0 Å². The number of primary amides is 1. The molecule has 1 aliphatic rings. The van der Waals surface area contributed by atoms with Crippen molar-refractivity contribution in [3.05, 3.63) is 82.9 Å². The van der Waals surface area contributed by atoms with E-state index >= 15 is 4.39 Å². The van der Waals surface area contributed by atoms with E-state index in [4.69, 9.17) is 15.2 Å². The number of urea groups is 1. The fraction of sp³-hybridized carbons (Fsp3) is 0.353. The van der Waals surface area contributed by atoms with Gasteiger partial charge in [-0.25, -0.2) is 22.0 Å². The minimum atomic E-state index is -3.97. The Bertz CT molecular complexity index is 1910. The average molecular weight is 716 g/mol. The summed E-state index contributed by atoms with van der Waals surface area (Å²) in [5.41, 5.74) is 5.41. The van der Waals surface area contributed by atoms with Crippen LogP contribution in [0.5, 0.6) is 5.75 Å². The number of likely N-dealkylation sites (tertiary alicyclic amines) is 1. The van der Waals surface area contributed by atoms with Crippen LogP contribution in [-0.2, 0) is 24.2 Å². The Balaban J connectivity index is 1.94. The number of halogens is 2. The molecular weight excluding hydrogens is 676 g/mol. The lowest BCUT2D eigenvalue weighted by molar-refractivity contribution is -0.149. The molecule has 0 aliphatic carbocycles. The van der Waals surface area contributed by atoms with E-state index in [9.17, 15) is 32.0 Å². The maximum Gasteiger partial charge on any atom is 0.321 e. The lowest BCUT2D eigenvalue weighted by atomic mass is 9.92. The number of nitrogens with two attached hydrogens (primary N) is 1. The van der Waals surface area contributed by atoms with Crippen LogP contribution in [0.25, 0.3) is 0 Å². The van der Waals surface area contributed by atoms with Crippen LogP contribution in [0.1, 0.15) is 53.8 Å². The lowest BCUT2D eigenvalue weighted by Crippen LogP contribution is -2.40. The minimum absolute atomic E-state index is 0.00405. The van der Waals surface area contributed by atoms with Crippen molar-refractivity contribution < 1.29 is 45.9 Å². The number of carbonyl (C=O) groups excluding carboxylic acids is 4. The van der Waals surface area contributed by atoms with Gasteiger partial charge in [-0.15, -0.1) is 0 Å². The molecule has 3 aromatic carbocycles. The van der Waals surface area contributed by atoms with Crippen LogP contribution in [0, 0.1) is 17.6 Å². The Labute approximate surface area is 288 Å². The monoisotopic (exact) mass is 715 g/mol. The number of hydrogen-bond acceptors (Lipinski definition) is 9. The third kappa shape index (κ3) is 7.96. The van der Waals surface area contributed by atoms with Crippen LogP contribution in [0.15, 0.2) is 59.5 Å². The molecular formula is C34H39F2N5O8S. The smallest absolute Gasteiger partial charge is 0.321 e. The Hall–Kier alpha value is -5.25. The molecule has 268 valence electrons. The van der Waals surface area contributed by atoms with Gasteiger partial charge in [0.1, 0.15) is 11.9 Å². The van der Waals surface area contributed by atoms with Crippen LogP contribution in [0.2, 0.25) is 0 Å². The van der Waals surface area contributed by atoms with Gasteiger partial charge in [-0.05, 0) is 73.0 Å². The van der Waals surface area contributed by atoms with Gasteiger partial charge >= 0.3 is 12.0 Å². The highest BCUT2D eigenvalue weighted by molar-refractivity contribution is 7.91. The fourth-order valence-electron chi connectivity index (χ4n) is 5.71. The molecule has 0 bridgehead atoms. The summed E-state index contributed by atoms with van der Waals surface area (Å²) in [5.74, 6) is -5.49. The summed E-state index contributed by atoms with van der Waals surface area (Å²) in [6.07, 6.45) is 0.0557. The largest absolute Gasteiger partial charge is 0.494 e. The van der Waals surface area contributed by atoms with E-state index in [1.165, 1.54) is 74.3 Å². The molecule has 0 aromatic heterocycles. The molecule has 1 saturated heterocycles. The number of sulfone groups is 1. The number of nitrogens with one attached hydrogen (secondary N) is 2. The minimum Gasteiger partial charge on any atom is -0.494 e. The van der Waals surface area contributed by atoms with Crippen LogP contribution in [0.3, 0.4) is 0 Å². The third-order valence-corrected chi connectivity index (χ3v) is 10.1. The summed E-state index contributed by atoms with van der Waals surface area (Å²) in [6, 6.07) is 7.67. The van der Waals surface area contributed by atoms with Gasteiger partial charge in [0.25, 0.3) is 0 Å². The zero-order valence-corrected chi connectivity index (χ0v) is 29.0. The van der Waals surface area contributed by atoms with Crippen molar-refractivity contribution in [2.75, 3.05) is 50.7 Å². The first-order valence-electron chi connectivity index (χ1n) is 15.6. The van der Waals surface area contributed by atoms with Crippen LogP contribution in [-0.4, -0.2) is 82.1 Å². The zero-order valence-electron chi connectivity index (χ0n) is 28.2. The van der Waals surface area contributed by atoms with Gasteiger partial charge in [-0.3, -0.25) is 14.4 Å². The average Bonchev–Trinajstić information content (AvgIpc) is 3.53. The lowest BCUT2D eigenvalue weighted by Gasteiger charge is -2.33. The molecule has 0 radical (unpaired) electrons. The third-order valence-electron chi connectivity index (χ3n) is 8.28. The van der Waals surface area contributed by atoms with Crippen molar-refractivity contribution in [1.29, 1.82) is 0 Å². The molecule has 1 aliphatic heterocycles. The van der Waals surface area contributed by atoms with Crippen molar-refractivity contribution in [2.45, 2.75) is 37.2 Å². The van der Waals surface area contributed by atoms with Gasteiger partial charge in [0.2, 0.25) is 11.8 Å². The standard InChI is InChI=1S/C34H39F2N5O8S/c1-6-49-33(44)22-14-15-41(30(22)23-18-21(38-34(45)40(3)4)10-13-28(23)50(46,47)7-2)32(43)29(19-8-12-25(36)27(17-19)48-5)39-26-16-20(31(37)42)9-11-24(26)35/h8-13,16-18,22,29-30,39H,6-7,14-15H2,1-5H3,(H2,37,42)(H,38,45)/t22-,29+,30+/m0/s1. The number of ether oxygens (including phenoxy) is 2. The van der Waals surface area contributed by atoms with E-state index in [0.717, 1.165) is 18.2 Å². The quantitative estimate of drug-likeness (QED) is 0.231. The molecule has 4 rings (SSSR count). The first-order chi connectivity index (χ1) is 23.6. The van der Waals surface area contributed by atoms with E-state index in [1.807, 2.05) is 0 Å². The maximum absolute atomic E-state index is 15.2. The molecule has 3 aromatic rings.